The Balaban J connectivity index is 1.78. The summed E-state index contributed by atoms with van der Waals surface area (Å²) in [5.41, 5.74) is 7.74. The molecule has 0 spiro atoms. The lowest BCUT2D eigenvalue weighted by molar-refractivity contribution is 1.55. The first-order valence-electron chi connectivity index (χ1n) is 8.08. The van der Waals surface area contributed by atoms with Crippen LogP contribution >= 0.6 is 43.3 Å². The molecule has 0 aromatic heterocycles. The zero-order valence-electron chi connectivity index (χ0n) is 13.5. The second-order valence-electron chi connectivity index (χ2n) is 5.85. The van der Waals surface area contributed by atoms with Crippen molar-refractivity contribution in [1.82, 2.24) is 0 Å². The quantitative estimate of drug-likeness (QED) is 0.303. The zero-order valence-corrected chi connectivity index (χ0v) is 17.8. The summed E-state index contributed by atoms with van der Waals surface area (Å²) in [7, 11) is 0. The number of hydrogen-bond donors (Lipinski definition) is 0. The summed E-state index contributed by atoms with van der Waals surface area (Å²) < 4.78 is 5.94. The fourth-order valence-corrected chi connectivity index (χ4v) is 5.19. The van der Waals surface area contributed by atoms with Crippen LogP contribution in [0.5, 0.6) is 0 Å². The van der Waals surface area contributed by atoms with E-state index < -0.39 is 0 Å². The van der Waals surface area contributed by atoms with Crippen molar-refractivity contribution in [2.75, 3.05) is 0 Å². The van der Waals surface area contributed by atoms with Gasteiger partial charge < -0.3 is 0 Å². The maximum Gasteiger partial charge on any atom is 0.0142 e. The van der Waals surface area contributed by atoms with Crippen molar-refractivity contribution in [2.45, 2.75) is 0 Å². The fourth-order valence-electron chi connectivity index (χ4n) is 2.91. The third kappa shape index (κ3) is 4.01. The number of halogens is 2. The molecule has 3 aromatic rings. The molecule has 0 atom stereocenters. The Labute approximate surface area is 172 Å². The average molecular weight is 546 g/mol. The van der Waals surface area contributed by atoms with Crippen LogP contribution in [-0.4, -0.2) is 4.01 Å². The minimum Gasteiger partial charge on any atom is -0.0931 e. The first-order chi connectivity index (χ1) is 12.3. The summed E-state index contributed by atoms with van der Waals surface area (Å²) in [5, 5.41) is 0. The molecule has 25 heavy (non-hydrogen) atoms. The molecule has 4 rings (SSSR count). The maximum absolute atomic E-state index is 2.41. The Morgan fingerprint density at radius 2 is 1.32 bits per heavy atom. The Kier molecular flexibility index (Phi) is 5.27. The van der Waals surface area contributed by atoms with E-state index in [1.807, 2.05) is 0 Å². The van der Waals surface area contributed by atoms with Crippen LogP contribution in [0.4, 0.5) is 0 Å². The summed E-state index contributed by atoms with van der Waals surface area (Å²) in [6.45, 7) is 0. The van der Waals surface area contributed by atoms with E-state index in [0.717, 1.165) is 0 Å². The molecule has 0 unspecified atom stereocenters. The largest absolute Gasteiger partial charge is 0.0931 e. The van der Waals surface area contributed by atoms with Gasteiger partial charge in [-0.05, 0) is 88.3 Å². The van der Waals surface area contributed by atoms with Crippen LogP contribution in [0.3, 0.4) is 0 Å². The molecule has 0 saturated heterocycles. The molecule has 0 nitrogen and oxygen atoms in total. The van der Waals surface area contributed by atoms with E-state index in [4.69, 9.17) is 0 Å². The van der Waals surface area contributed by atoms with Crippen molar-refractivity contribution >= 4 is 52.9 Å². The Hall–Kier alpha value is -1.53. The predicted molar refractivity (Wildman–Crippen MR) is 127 cm³/mol. The van der Waals surface area contributed by atoms with Crippen LogP contribution in [0.2, 0.25) is 0 Å². The van der Waals surface area contributed by atoms with Crippen LogP contribution < -0.4 is 0 Å². The smallest absolute Gasteiger partial charge is 0.0142 e. The van der Waals surface area contributed by atoms with Crippen molar-refractivity contribution in [3.63, 3.8) is 0 Å². The summed E-state index contributed by atoms with van der Waals surface area (Å²) in [4.78, 5) is 0. The predicted octanol–water partition coefficient (Wildman–Crippen LogP) is 7.31. The minimum absolute atomic E-state index is 0.0672. The van der Waals surface area contributed by atoms with Gasteiger partial charge in [-0.2, -0.15) is 0 Å². The number of rotatable bonds is 3. The molecule has 0 saturated carbocycles. The molecule has 2 heteroatoms. The highest BCUT2D eigenvalue weighted by Crippen LogP contribution is 2.31. The summed E-state index contributed by atoms with van der Waals surface area (Å²) >= 11 is 2.48. The highest BCUT2D eigenvalue weighted by Gasteiger charge is 2.06. The molecular weight excluding hydrogens is 530 g/mol. The van der Waals surface area contributed by atoms with Crippen molar-refractivity contribution in [1.29, 1.82) is 0 Å². The third-order valence-electron chi connectivity index (χ3n) is 4.14. The SMILES string of the molecule is Ic1cc(-c2ccccc2)cc(-c2cccc(C3=CC=CI=C3)c2)c1. The van der Waals surface area contributed by atoms with Crippen molar-refractivity contribution < 1.29 is 0 Å². The van der Waals surface area contributed by atoms with Crippen LogP contribution in [-0.2, 0) is 0 Å². The molecule has 0 fully saturated rings. The molecule has 1 aliphatic rings. The van der Waals surface area contributed by atoms with E-state index in [-0.39, 0.29) is 20.7 Å². The number of hydrogen-bond acceptors (Lipinski definition) is 0. The maximum atomic E-state index is 2.41. The van der Waals surface area contributed by atoms with E-state index in [2.05, 4.69) is 116 Å². The molecule has 0 bridgehead atoms. The van der Waals surface area contributed by atoms with Crippen molar-refractivity contribution in [3.05, 3.63) is 98.2 Å². The standard InChI is InChI=1S/C23H16I2/c24-23-14-21(17-6-2-1-3-7-17)13-22(15-23)19-9-4-8-18(12-19)20-10-5-11-25-16-20/h1-16H. The summed E-state index contributed by atoms with van der Waals surface area (Å²) in [6, 6.07) is 26.3. The van der Waals surface area contributed by atoms with Crippen LogP contribution in [0.25, 0.3) is 27.8 Å². The Morgan fingerprint density at radius 3 is 2.08 bits per heavy atom. The fraction of sp³-hybridized carbons (Fsp3) is 0. The molecule has 0 N–H and O–H groups in total. The second kappa shape index (κ2) is 7.79. The third-order valence-corrected chi connectivity index (χ3v) is 6.62. The topological polar surface area (TPSA) is 0 Å². The van der Waals surface area contributed by atoms with Crippen LogP contribution in [0.1, 0.15) is 5.56 Å². The Bertz CT molecular complexity index is 996. The van der Waals surface area contributed by atoms with Gasteiger partial charge in [-0.3, -0.25) is 0 Å². The molecule has 3 aromatic carbocycles. The van der Waals surface area contributed by atoms with Crippen LogP contribution in [0, 0.1) is 3.57 Å². The number of allylic oxidation sites excluding steroid dienone is 3. The lowest BCUT2D eigenvalue weighted by atomic mass is 9.96. The lowest BCUT2D eigenvalue weighted by Crippen LogP contribution is -1.89. The van der Waals surface area contributed by atoms with Crippen molar-refractivity contribution in [3.8, 4) is 22.3 Å². The lowest BCUT2D eigenvalue weighted by Gasteiger charge is -2.10. The molecule has 0 aliphatic carbocycles. The van der Waals surface area contributed by atoms with Crippen molar-refractivity contribution in [2.24, 2.45) is 0 Å². The van der Waals surface area contributed by atoms with Gasteiger partial charge in [-0.1, -0.05) is 81.4 Å². The van der Waals surface area contributed by atoms with Gasteiger partial charge in [0.1, 0.15) is 0 Å². The number of benzene rings is 3. The van der Waals surface area contributed by atoms with Gasteiger partial charge in [-0.25, -0.2) is 0 Å². The molecule has 1 heterocycles. The summed E-state index contributed by atoms with van der Waals surface area (Å²) in [5.74, 6) is 0. The molecule has 0 radical (unpaired) electrons. The molecule has 0 amide bonds. The molecule has 122 valence electrons. The van der Waals surface area contributed by atoms with E-state index in [1.165, 1.54) is 37.0 Å². The summed E-state index contributed by atoms with van der Waals surface area (Å²) in [6.07, 6.45) is 4.40. The highest BCUT2D eigenvalue weighted by atomic mass is 127. The van der Waals surface area contributed by atoms with E-state index in [1.54, 1.807) is 0 Å². The first kappa shape index (κ1) is 16.9. The Morgan fingerprint density at radius 1 is 0.640 bits per heavy atom. The van der Waals surface area contributed by atoms with Gasteiger partial charge in [-0.15, -0.1) is 0 Å². The normalized spacial score (nSPS) is 13.2. The molecular formula is C23H16I2. The second-order valence-corrected chi connectivity index (χ2v) is 9.16. The van der Waals surface area contributed by atoms with Crippen LogP contribution in [0.15, 0.2) is 89.0 Å². The van der Waals surface area contributed by atoms with Gasteiger partial charge >= 0.3 is 0 Å². The van der Waals surface area contributed by atoms with Gasteiger partial charge in [0.05, 0.1) is 0 Å². The average Bonchev–Trinajstić information content (AvgIpc) is 2.69. The van der Waals surface area contributed by atoms with E-state index in [9.17, 15) is 0 Å². The van der Waals surface area contributed by atoms with Gasteiger partial charge in [0.15, 0.2) is 0 Å². The molecule has 1 aliphatic heterocycles. The zero-order chi connectivity index (χ0) is 17.1. The first-order valence-corrected chi connectivity index (χ1v) is 11.7. The van der Waals surface area contributed by atoms with Gasteiger partial charge in [0, 0.05) is 3.57 Å². The monoisotopic (exact) mass is 546 g/mol. The minimum atomic E-state index is 0.0672. The highest BCUT2D eigenvalue weighted by molar-refractivity contribution is 14.2. The van der Waals surface area contributed by atoms with Gasteiger partial charge in [0.25, 0.3) is 0 Å². The van der Waals surface area contributed by atoms with Gasteiger partial charge in [0.2, 0.25) is 0 Å². The van der Waals surface area contributed by atoms with E-state index in [0.29, 0.717) is 0 Å². The van der Waals surface area contributed by atoms with E-state index >= 15 is 0 Å².